The Labute approximate surface area is 132 Å². The number of aromatic nitrogens is 2. The molecule has 2 aromatic heterocycles. The molecule has 2 aromatic rings. The first kappa shape index (κ1) is 16.3. The molecular weight excluding hydrogens is 280 g/mol. The zero-order valence-corrected chi connectivity index (χ0v) is 14.5. The summed E-state index contributed by atoms with van der Waals surface area (Å²) < 4.78 is 2.24. The Hall–Kier alpha value is -1.07. The Morgan fingerprint density at radius 2 is 2.19 bits per heavy atom. The normalized spacial score (nSPS) is 13.0. The Balaban J connectivity index is 2.37. The quantitative estimate of drug-likeness (QED) is 0.762. The lowest BCUT2D eigenvalue weighted by Gasteiger charge is -2.29. The third-order valence-electron chi connectivity index (χ3n) is 4.03. The Morgan fingerprint density at radius 1 is 1.38 bits per heavy atom. The summed E-state index contributed by atoms with van der Waals surface area (Å²) in [6.45, 7) is 11.9. The molecular formula is C16H28N4S. The maximum absolute atomic E-state index is 4.92. The number of fused-ring (bicyclic) bond motifs is 1. The van der Waals surface area contributed by atoms with Gasteiger partial charge in [-0.15, -0.1) is 11.3 Å². The molecule has 21 heavy (non-hydrogen) atoms. The fourth-order valence-electron chi connectivity index (χ4n) is 2.54. The average Bonchev–Trinajstić information content (AvgIpc) is 3.06. The smallest absolute Gasteiger partial charge is 0.195 e. The van der Waals surface area contributed by atoms with Gasteiger partial charge in [-0.2, -0.15) is 0 Å². The van der Waals surface area contributed by atoms with Crippen LogP contribution in [0.4, 0.5) is 5.82 Å². The van der Waals surface area contributed by atoms with Gasteiger partial charge in [-0.05, 0) is 26.3 Å². The summed E-state index contributed by atoms with van der Waals surface area (Å²) in [7, 11) is 0. The summed E-state index contributed by atoms with van der Waals surface area (Å²) in [5, 5.41) is 5.57. The number of imidazole rings is 1. The monoisotopic (exact) mass is 308 g/mol. The maximum atomic E-state index is 4.92. The molecule has 1 unspecified atom stereocenters. The van der Waals surface area contributed by atoms with Crippen molar-refractivity contribution in [3.05, 3.63) is 17.3 Å². The number of nitrogens with one attached hydrogen (secondary N) is 1. The van der Waals surface area contributed by atoms with Gasteiger partial charge in [0.2, 0.25) is 0 Å². The minimum absolute atomic E-state index is 0.529. The summed E-state index contributed by atoms with van der Waals surface area (Å²) >= 11 is 1.71. The minimum Gasteiger partial charge on any atom is -0.352 e. The summed E-state index contributed by atoms with van der Waals surface area (Å²) in [6.07, 6.45) is 5.72. The van der Waals surface area contributed by atoms with Crippen molar-refractivity contribution in [2.75, 3.05) is 18.0 Å². The highest BCUT2D eigenvalue weighted by Crippen LogP contribution is 2.27. The predicted molar refractivity (Wildman–Crippen MR) is 92.5 cm³/mol. The van der Waals surface area contributed by atoms with E-state index in [0.717, 1.165) is 31.0 Å². The second kappa shape index (κ2) is 7.80. The number of hydrogen-bond donors (Lipinski definition) is 1. The van der Waals surface area contributed by atoms with Gasteiger partial charge < -0.3 is 10.2 Å². The van der Waals surface area contributed by atoms with Crippen molar-refractivity contribution in [2.45, 2.75) is 59.5 Å². The molecule has 0 bridgehead atoms. The van der Waals surface area contributed by atoms with Crippen LogP contribution < -0.4 is 10.2 Å². The molecule has 0 aliphatic rings. The van der Waals surface area contributed by atoms with Crippen LogP contribution in [-0.2, 0) is 6.54 Å². The first-order valence-corrected chi connectivity index (χ1v) is 9.02. The Kier molecular flexibility index (Phi) is 6.06. The highest BCUT2D eigenvalue weighted by atomic mass is 32.1. The van der Waals surface area contributed by atoms with E-state index in [-0.39, 0.29) is 0 Å². The molecule has 0 aliphatic heterocycles. The van der Waals surface area contributed by atoms with E-state index in [9.17, 15) is 0 Å². The highest BCUT2D eigenvalue weighted by Gasteiger charge is 2.21. The molecule has 4 nitrogen and oxygen atoms in total. The van der Waals surface area contributed by atoms with Crippen LogP contribution in [0.2, 0.25) is 0 Å². The van der Waals surface area contributed by atoms with Gasteiger partial charge in [0, 0.05) is 30.7 Å². The lowest BCUT2D eigenvalue weighted by Crippen LogP contribution is -2.35. The van der Waals surface area contributed by atoms with Crippen molar-refractivity contribution in [1.29, 1.82) is 0 Å². The molecule has 0 amide bonds. The molecule has 0 radical (unpaired) electrons. The van der Waals surface area contributed by atoms with E-state index in [2.05, 4.69) is 53.9 Å². The van der Waals surface area contributed by atoms with Gasteiger partial charge in [0.15, 0.2) is 10.8 Å². The first-order valence-electron chi connectivity index (χ1n) is 8.14. The van der Waals surface area contributed by atoms with Gasteiger partial charge in [0.05, 0.1) is 5.69 Å². The van der Waals surface area contributed by atoms with Crippen molar-refractivity contribution in [2.24, 2.45) is 0 Å². The van der Waals surface area contributed by atoms with E-state index in [0.29, 0.717) is 6.04 Å². The highest BCUT2D eigenvalue weighted by molar-refractivity contribution is 7.15. The maximum Gasteiger partial charge on any atom is 0.195 e. The lowest BCUT2D eigenvalue weighted by molar-refractivity contribution is 0.585. The van der Waals surface area contributed by atoms with Gasteiger partial charge in [0.1, 0.15) is 0 Å². The SMILES string of the molecule is CCCCN(c1nc2sccn2c1CNCC)C(C)CC. The largest absolute Gasteiger partial charge is 0.352 e. The zero-order chi connectivity index (χ0) is 15.2. The molecule has 2 rings (SSSR count). The van der Waals surface area contributed by atoms with E-state index in [1.165, 1.54) is 24.4 Å². The number of rotatable bonds is 9. The van der Waals surface area contributed by atoms with Crippen molar-refractivity contribution < 1.29 is 0 Å². The average molecular weight is 308 g/mol. The first-order chi connectivity index (χ1) is 10.2. The number of unbranched alkanes of at least 4 members (excludes halogenated alkanes) is 1. The molecule has 1 atom stereocenters. The summed E-state index contributed by atoms with van der Waals surface area (Å²) in [5.41, 5.74) is 1.30. The molecule has 2 heterocycles. The van der Waals surface area contributed by atoms with Crippen molar-refractivity contribution in [3.63, 3.8) is 0 Å². The molecule has 0 saturated heterocycles. The van der Waals surface area contributed by atoms with Crippen molar-refractivity contribution >= 4 is 22.1 Å². The van der Waals surface area contributed by atoms with E-state index in [1.807, 2.05) is 0 Å². The van der Waals surface area contributed by atoms with Crippen LogP contribution in [0.25, 0.3) is 4.96 Å². The lowest BCUT2D eigenvalue weighted by atomic mass is 10.2. The third-order valence-corrected chi connectivity index (χ3v) is 4.79. The van der Waals surface area contributed by atoms with Crippen molar-refractivity contribution in [3.8, 4) is 0 Å². The second-order valence-electron chi connectivity index (χ2n) is 5.52. The molecule has 118 valence electrons. The Morgan fingerprint density at radius 3 is 2.86 bits per heavy atom. The van der Waals surface area contributed by atoms with Gasteiger partial charge in [-0.1, -0.05) is 27.2 Å². The van der Waals surface area contributed by atoms with Crippen LogP contribution in [-0.4, -0.2) is 28.5 Å². The number of anilines is 1. The number of hydrogen-bond acceptors (Lipinski definition) is 4. The molecule has 0 spiro atoms. The number of thiazole rings is 1. The standard InChI is InChI=1S/C16H28N4S/c1-5-8-9-19(13(4)6-2)15-14(12-17-7-3)20-10-11-21-16(20)18-15/h10-11,13,17H,5-9,12H2,1-4H3. The van der Waals surface area contributed by atoms with Crippen molar-refractivity contribution in [1.82, 2.24) is 14.7 Å². The molecule has 0 aliphatic carbocycles. The summed E-state index contributed by atoms with van der Waals surface area (Å²) in [4.78, 5) is 8.51. The van der Waals surface area contributed by atoms with Gasteiger partial charge in [-0.3, -0.25) is 4.40 Å². The zero-order valence-electron chi connectivity index (χ0n) is 13.7. The van der Waals surface area contributed by atoms with E-state index >= 15 is 0 Å². The summed E-state index contributed by atoms with van der Waals surface area (Å²) in [6, 6.07) is 0.529. The van der Waals surface area contributed by atoms with Gasteiger partial charge in [-0.25, -0.2) is 4.98 Å². The second-order valence-corrected chi connectivity index (χ2v) is 6.40. The van der Waals surface area contributed by atoms with E-state index in [1.54, 1.807) is 11.3 Å². The van der Waals surface area contributed by atoms with E-state index in [4.69, 9.17) is 4.98 Å². The molecule has 0 aromatic carbocycles. The molecule has 0 saturated carbocycles. The van der Waals surface area contributed by atoms with Crippen LogP contribution in [0.1, 0.15) is 52.7 Å². The topological polar surface area (TPSA) is 32.6 Å². The van der Waals surface area contributed by atoms with Crippen LogP contribution in [0.5, 0.6) is 0 Å². The van der Waals surface area contributed by atoms with Gasteiger partial charge >= 0.3 is 0 Å². The minimum atomic E-state index is 0.529. The number of nitrogens with zero attached hydrogens (tertiary/aromatic N) is 3. The third kappa shape index (κ3) is 3.58. The van der Waals surface area contributed by atoms with Crippen LogP contribution in [0.3, 0.4) is 0 Å². The molecule has 0 fully saturated rings. The van der Waals surface area contributed by atoms with E-state index < -0.39 is 0 Å². The fraction of sp³-hybridized carbons (Fsp3) is 0.688. The fourth-order valence-corrected chi connectivity index (χ4v) is 3.27. The van der Waals surface area contributed by atoms with Crippen LogP contribution in [0, 0.1) is 0 Å². The Bertz CT molecular complexity index is 545. The molecule has 5 heteroatoms. The van der Waals surface area contributed by atoms with Crippen LogP contribution >= 0.6 is 11.3 Å². The van der Waals surface area contributed by atoms with Crippen LogP contribution in [0.15, 0.2) is 11.6 Å². The molecule has 1 N–H and O–H groups in total. The van der Waals surface area contributed by atoms with Gasteiger partial charge in [0.25, 0.3) is 0 Å². The summed E-state index contributed by atoms with van der Waals surface area (Å²) in [5.74, 6) is 1.17. The predicted octanol–water partition coefficient (Wildman–Crippen LogP) is 3.91.